The molecular formula is C8H13NO. The molecule has 0 fully saturated rings. The molecule has 0 radical (unpaired) electrons. The Kier molecular flexibility index (Phi) is 2.95. The standard InChI is InChI=1S/C8H13NO/c1-5-6-8(3,4)9-7(2)10/h1-4H3,(H,9,10). The number of hydrogen-bond acceptors (Lipinski definition) is 1. The Hall–Kier alpha value is -0.970. The molecule has 0 saturated carbocycles. The van der Waals surface area contributed by atoms with Crippen molar-refractivity contribution >= 4 is 5.91 Å². The number of amides is 1. The van der Waals surface area contributed by atoms with Crippen LogP contribution in [0.2, 0.25) is 0 Å². The van der Waals surface area contributed by atoms with Crippen molar-refractivity contribution in [3.63, 3.8) is 0 Å². The summed E-state index contributed by atoms with van der Waals surface area (Å²) in [5.74, 6) is 5.57. The third-order valence-corrected chi connectivity index (χ3v) is 0.926. The summed E-state index contributed by atoms with van der Waals surface area (Å²) in [6, 6.07) is 0. The summed E-state index contributed by atoms with van der Waals surface area (Å²) < 4.78 is 0. The second-order valence-electron chi connectivity index (χ2n) is 2.68. The Morgan fingerprint density at radius 3 is 2.30 bits per heavy atom. The maximum Gasteiger partial charge on any atom is 0.218 e. The fourth-order valence-electron chi connectivity index (χ4n) is 0.784. The highest BCUT2D eigenvalue weighted by atomic mass is 16.1. The molecule has 2 nitrogen and oxygen atoms in total. The average Bonchev–Trinajstić information content (AvgIpc) is 1.59. The highest BCUT2D eigenvalue weighted by Crippen LogP contribution is 1.97. The zero-order chi connectivity index (χ0) is 8.20. The van der Waals surface area contributed by atoms with Gasteiger partial charge in [0.05, 0.1) is 5.54 Å². The molecule has 2 heteroatoms. The predicted octanol–water partition coefficient (Wildman–Crippen LogP) is 0.924. The lowest BCUT2D eigenvalue weighted by atomic mass is 10.1. The van der Waals surface area contributed by atoms with Gasteiger partial charge in [-0.25, -0.2) is 0 Å². The van der Waals surface area contributed by atoms with E-state index in [1.165, 1.54) is 6.92 Å². The van der Waals surface area contributed by atoms with Gasteiger partial charge >= 0.3 is 0 Å². The van der Waals surface area contributed by atoms with Crippen LogP contribution in [0.1, 0.15) is 27.7 Å². The third kappa shape index (κ3) is 3.96. The molecule has 0 spiro atoms. The van der Waals surface area contributed by atoms with Gasteiger partial charge in [0, 0.05) is 6.92 Å². The summed E-state index contributed by atoms with van der Waals surface area (Å²) in [6.07, 6.45) is 0. The van der Waals surface area contributed by atoms with Gasteiger partial charge in [0.25, 0.3) is 0 Å². The number of hydrogen-bond donors (Lipinski definition) is 1. The molecule has 0 aliphatic rings. The molecule has 1 N–H and O–H groups in total. The molecule has 0 unspecified atom stereocenters. The molecule has 1 amide bonds. The quantitative estimate of drug-likeness (QED) is 0.538. The van der Waals surface area contributed by atoms with Crippen molar-refractivity contribution < 1.29 is 4.79 Å². The van der Waals surface area contributed by atoms with E-state index in [4.69, 9.17) is 0 Å². The number of carbonyl (C=O) groups is 1. The van der Waals surface area contributed by atoms with Gasteiger partial charge < -0.3 is 5.32 Å². The minimum atomic E-state index is -0.388. The number of carbonyl (C=O) groups excluding carboxylic acids is 1. The van der Waals surface area contributed by atoms with E-state index in [9.17, 15) is 4.79 Å². The second kappa shape index (κ2) is 3.26. The summed E-state index contributed by atoms with van der Waals surface area (Å²) in [6.45, 7) is 6.97. The lowest BCUT2D eigenvalue weighted by Gasteiger charge is -2.17. The van der Waals surface area contributed by atoms with Crippen molar-refractivity contribution in [3.05, 3.63) is 0 Å². The van der Waals surface area contributed by atoms with E-state index in [2.05, 4.69) is 17.2 Å². The van der Waals surface area contributed by atoms with E-state index in [1.54, 1.807) is 6.92 Å². The van der Waals surface area contributed by atoms with E-state index in [1.807, 2.05) is 13.8 Å². The van der Waals surface area contributed by atoms with Crippen LogP contribution in [-0.2, 0) is 4.79 Å². The van der Waals surface area contributed by atoms with Crippen molar-refractivity contribution in [2.24, 2.45) is 0 Å². The van der Waals surface area contributed by atoms with Gasteiger partial charge in [0.1, 0.15) is 0 Å². The molecule has 10 heavy (non-hydrogen) atoms. The number of nitrogens with one attached hydrogen (secondary N) is 1. The summed E-state index contributed by atoms with van der Waals surface area (Å²) >= 11 is 0. The molecular weight excluding hydrogens is 126 g/mol. The van der Waals surface area contributed by atoms with Crippen LogP contribution < -0.4 is 5.32 Å². The predicted molar refractivity (Wildman–Crippen MR) is 41.3 cm³/mol. The highest BCUT2D eigenvalue weighted by Gasteiger charge is 2.13. The van der Waals surface area contributed by atoms with Crippen LogP contribution >= 0.6 is 0 Å². The zero-order valence-corrected chi connectivity index (χ0v) is 6.91. The first kappa shape index (κ1) is 9.03. The average molecular weight is 139 g/mol. The topological polar surface area (TPSA) is 29.1 Å². The lowest BCUT2D eigenvalue weighted by Crippen LogP contribution is -2.40. The van der Waals surface area contributed by atoms with E-state index in [0.717, 1.165) is 0 Å². The highest BCUT2D eigenvalue weighted by molar-refractivity contribution is 5.74. The third-order valence-electron chi connectivity index (χ3n) is 0.926. The van der Waals surface area contributed by atoms with Crippen LogP contribution in [0.5, 0.6) is 0 Å². The molecule has 0 heterocycles. The summed E-state index contributed by atoms with van der Waals surface area (Å²) in [4.78, 5) is 10.6. The Balaban J connectivity index is 4.08. The van der Waals surface area contributed by atoms with Gasteiger partial charge in [0.15, 0.2) is 0 Å². The summed E-state index contributed by atoms with van der Waals surface area (Å²) in [7, 11) is 0. The monoisotopic (exact) mass is 139 g/mol. The molecule has 0 aromatic carbocycles. The smallest absolute Gasteiger partial charge is 0.218 e. The maximum absolute atomic E-state index is 10.6. The van der Waals surface area contributed by atoms with Crippen molar-refractivity contribution in [1.29, 1.82) is 0 Å². The van der Waals surface area contributed by atoms with Crippen LogP contribution in [0.25, 0.3) is 0 Å². The molecule has 0 rings (SSSR count). The van der Waals surface area contributed by atoms with Gasteiger partial charge in [-0.2, -0.15) is 0 Å². The minimum Gasteiger partial charge on any atom is -0.341 e. The summed E-state index contributed by atoms with van der Waals surface area (Å²) in [5.41, 5.74) is -0.388. The van der Waals surface area contributed by atoms with E-state index in [0.29, 0.717) is 0 Å². The SMILES string of the molecule is CC#CC(C)(C)NC(C)=O. The Morgan fingerprint density at radius 1 is 1.50 bits per heavy atom. The summed E-state index contributed by atoms with van der Waals surface area (Å²) in [5, 5.41) is 2.71. The van der Waals surface area contributed by atoms with Gasteiger partial charge in [-0.3, -0.25) is 4.79 Å². The maximum atomic E-state index is 10.6. The van der Waals surface area contributed by atoms with E-state index in [-0.39, 0.29) is 11.4 Å². The van der Waals surface area contributed by atoms with Gasteiger partial charge in [-0.15, -0.1) is 5.92 Å². The minimum absolute atomic E-state index is 0.0484. The normalized spacial score (nSPS) is 9.60. The van der Waals surface area contributed by atoms with E-state index < -0.39 is 0 Å². The van der Waals surface area contributed by atoms with Crippen molar-refractivity contribution in [2.75, 3.05) is 0 Å². The first-order valence-electron chi connectivity index (χ1n) is 3.20. The molecule has 0 aliphatic heterocycles. The van der Waals surface area contributed by atoms with Crippen molar-refractivity contribution in [3.8, 4) is 11.8 Å². The van der Waals surface area contributed by atoms with Gasteiger partial charge in [0.2, 0.25) is 5.91 Å². The van der Waals surface area contributed by atoms with Crippen LogP contribution in [0.15, 0.2) is 0 Å². The fraction of sp³-hybridized carbons (Fsp3) is 0.625. The largest absolute Gasteiger partial charge is 0.341 e. The van der Waals surface area contributed by atoms with Gasteiger partial charge in [-0.05, 0) is 20.8 Å². The van der Waals surface area contributed by atoms with Crippen LogP contribution in [0, 0.1) is 11.8 Å². The lowest BCUT2D eigenvalue weighted by molar-refractivity contribution is -0.119. The van der Waals surface area contributed by atoms with Crippen LogP contribution in [0.4, 0.5) is 0 Å². The van der Waals surface area contributed by atoms with Crippen LogP contribution in [-0.4, -0.2) is 11.4 Å². The van der Waals surface area contributed by atoms with Crippen molar-refractivity contribution in [1.82, 2.24) is 5.32 Å². The second-order valence-corrected chi connectivity index (χ2v) is 2.68. The van der Waals surface area contributed by atoms with Crippen LogP contribution in [0.3, 0.4) is 0 Å². The molecule has 0 atom stereocenters. The zero-order valence-electron chi connectivity index (χ0n) is 6.91. The first-order chi connectivity index (χ1) is 4.48. The molecule has 56 valence electrons. The molecule has 0 saturated heterocycles. The Bertz CT molecular complexity index is 183. The molecule has 0 aromatic rings. The first-order valence-corrected chi connectivity index (χ1v) is 3.20. The number of rotatable bonds is 1. The molecule has 0 aliphatic carbocycles. The Morgan fingerprint density at radius 2 is 2.00 bits per heavy atom. The molecule has 0 bridgehead atoms. The fourth-order valence-corrected chi connectivity index (χ4v) is 0.784. The van der Waals surface area contributed by atoms with Crippen molar-refractivity contribution in [2.45, 2.75) is 33.2 Å². The Labute approximate surface area is 62.0 Å². The van der Waals surface area contributed by atoms with E-state index >= 15 is 0 Å². The molecule has 0 aromatic heterocycles. The van der Waals surface area contributed by atoms with Gasteiger partial charge in [-0.1, -0.05) is 5.92 Å².